The second-order valence-corrected chi connectivity index (χ2v) is 6.65. The van der Waals surface area contributed by atoms with Crippen LogP contribution in [0, 0.1) is 6.92 Å². The van der Waals surface area contributed by atoms with E-state index < -0.39 is 0 Å². The number of aryl methyl sites for hydroxylation is 1. The molecule has 0 unspecified atom stereocenters. The Morgan fingerprint density at radius 3 is 2.78 bits per heavy atom. The van der Waals surface area contributed by atoms with Crippen LogP contribution < -0.4 is 5.32 Å². The monoisotopic (exact) mass is 263 g/mol. The second-order valence-electron chi connectivity index (χ2n) is 5.31. The van der Waals surface area contributed by atoms with Gasteiger partial charge in [-0.3, -0.25) is 0 Å². The van der Waals surface area contributed by atoms with E-state index >= 15 is 0 Å². The Balaban J connectivity index is 2.02. The number of hydrogen-bond acceptors (Lipinski definition) is 2. The van der Waals surface area contributed by atoms with Crippen molar-refractivity contribution < 1.29 is 0 Å². The van der Waals surface area contributed by atoms with Gasteiger partial charge in [0.05, 0.1) is 0 Å². The lowest BCUT2D eigenvalue weighted by Crippen LogP contribution is -2.14. The quantitative estimate of drug-likeness (QED) is 0.757. The first-order valence-electron chi connectivity index (χ1n) is 7.26. The van der Waals surface area contributed by atoms with Crippen LogP contribution in [0.1, 0.15) is 50.2 Å². The van der Waals surface area contributed by atoms with Gasteiger partial charge in [-0.25, -0.2) is 0 Å². The van der Waals surface area contributed by atoms with Crippen LogP contribution in [0.5, 0.6) is 0 Å². The average molecular weight is 263 g/mol. The molecule has 1 saturated carbocycles. The van der Waals surface area contributed by atoms with Crippen molar-refractivity contribution in [2.24, 2.45) is 0 Å². The minimum Gasteiger partial charge on any atom is -0.313 e. The van der Waals surface area contributed by atoms with Gasteiger partial charge in [0, 0.05) is 16.7 Å². The highest BCUT2D eigenvalue weighted by Crippen LogP contribution is 2.36. The molecule has 2 heteroatoms. The van der Waals surface area contributed by atoms with Crippen LogP contribution in [0.2, 0.25) is 0 Å². The Bertz CT molecular complexity index is 369. The first-order chi connectivity index (χ1) is 8.79. The summed E-state index contributed by atoms with van der Waals surface area (Å²) in [5.74, 6) is 0. The van der Waals surface area contributed by atoms with E-state index in [4.69, 9.17) is 0 Å². The van der Waals surface area contributed by atoms with Gasteiger partial charge in [0.1, 0.15) is 0 Å². The van der Waals surface area contributed by atoms with Crippen LogP contribution in [0.25, 0.3) is 0 Å². The molecule has 0 aliphatic heterocycles. The molecule has 18 heavy (non-hydrogen) atoms. The molecule has 1 nitrogen and oxygen atoms in total. The molecule has 0 saturated heterocycles. The van der Waals surface area contributed by atoms with E-state index in [9.17, 15) is 0 Å². The van der Waals surface area contributed by atoms with Crippen molar-refractivity contribution >= 4 is 11.8 Å². The Morgan fingerprint density at radius 1 is 1.28 bits per heavy atom. The highest BCUT2D eigenvalue weighted by Gasteiger charge is 2.17. The van der Waals surface area contributed by atoms with E-state index in [0.717, 1.165) is 18.3 Å². The van der Waals surface area contributed by atoms with Gasteiger partial charge in [-0.1, -0.05) is 37.5 Å². The van der Waals surface area contributed by atoms with Crippen LogP contribution in [-0.4, -0.2) is 11.8 Å². The summed E-state index contributed by atoms with van der Waals surface area (Å²) in [7, 11) is 0. The summed E-state index contributed by atoms with van der Waals surface area (Å²) in [5.41, 5.74) is 2.86. The van der Waals surface area contributed by atoms with Crippen LogP contribution >= 0.6 is 11.8 Å². The van der Waals surface area contributed by atoms with Gasteiger partial charge in [-0.05, 0) is 44.4 Å². The van der Waals surface area contributed by atoms with E-state index in [0.29, 0.717) is 0 Å². The summed E-state index contributed by atoms with van der Waals surface area (Å²) in [5, 5.41) is 4.39. The molecule has 0 bridgehead atoms. The van der Waals surface area contributed by atoms with E-state index in [-0.39, 0.29) is 0 Å². The molecule has 0 atom stereocenters. The number of nitrogens with one attached hydrogen (secondary N) is 1. The van der Waals surface area contributed by atoms with E-state index in [1.54, 1.807) is 0 Å². The molecule has 0 radical (unpaired) electrons. The highest BCUT2D eigenvalue weighted by atomic mass is 32.2. The third kappa shape index (κ3) is 4.03. The van der Waals surface area contributed by atoms with Crippen molar-refractivity contribution in [3.05, 3.63) is 29.3 Å². The minimum absolute atomic E-state index is 0.859. The third-order valence-electron chi connectivity index (χ3n) is 3.55. The lowest BCUT2D eigenvalue weighted by molar-refractivity contribution is 0.669. The van der Waals surface area contributed by atoms with Crippen LogP contribution in [0.15, 0.2) is 23.1 Å². The predicted molar refractivity (Wildman–Crippen MR) is 81.3 cm³/mol. The maximum atomic E-state index is 3.53. The molecule has 1 N–H and O–H groups in total. The second kappa shape index (κ2) is 7.20. The molecular weight excluding hydrogens is 238 g/mol. The molecule has 2 rings (SSSR count). The number of rotatable bonds is 6. The molecule has 100 valence electrons. The summed E-state index contributed by atoms with van der Waals surface area (Å²) < 4.78 is 0. The first-order valence-corrected chi connectivity index (χ1v) is 8.14. The van der Waals surface area contributed by atoms with Gasteiger partial charge in [-0.15, -0.1) is 11.8 Å². The minimum atomic E-state index is 0.859. The molecule has 1 fully saturated rings. The number of hydrogen-bond donors (Lipinski definition) is 1. The van der Waals surface area contributed by atoms with Crippen molar-refractivity contribution in [1.29, 1.82) is 0 Å². The summed E-state index contributed by atoms with van der Waals surface area (Å²) in [6.45, 7) is 6.54. The average Bonchev–Trinajstić information content (AvgIpc) is 2.86. The fourth-order valence-corrected chi connectivity index (χ4v) is 3.90. The number of thioether (sulfide) groups is 1. The Hall–Kier alpha value is -0.470. The van der Waals surface area contributed by atoms with Crippen LogP contribution in [0.3, 0.4) is 0 Å². The van der Waals surface area contributed by atoms with Gasteiger partial charge in [0.2, 0.25) is 0 Å². The molecule has 1 aliphatic carbocycles. The van der Waals surface area contributed by atoms with E-state index in [2.05, 4.69) is 49.1 Å². The summed E-state index contributed by atoms with van der Waals surface area (Å²) >= 11 is 2.10. The third-order valence-corrected chi connectivity index (χ3v) is 5.01. The normalized spacial score (nSPS) is 16.3. The Morgan fingerprint density at radius 2 is 2.06 bits per heavy atom. The lowest BCUT2D eigenvalue weighted by Gasteiger charge is -2.14. The maximum absolute atomic E-state index is 3.53. The fourth-order valence-electron chi connectivity index (χ4n) is 2.55. The molecule has 0 spiro atoms. The fraction of sp³-hybridized carbons (Fsp3) is 0.625. The molecule has 0 heterocycles. The zero-order valence-electron chi connectivity index (χ0n) is 11.7. The van der Waals surface area contributed by atoms with Crippen LogP contribution in [-0.2, 0) is 6.54 Å². The Kier molecular flexibility index (Phi) is 5.58. The Labute approximate surface area is 116 Å². The smallest absolute Gasteiger partial charge is 0.0216 e. The standard InChI is InChI=1S/C16H25NS/c1-3-10-17-12-14-11-13(2)8-9-16(14)18-15-6-4-5-7-15/h8-9,11,15,17H,3-7,10,12H2,1-2H3. The summed E-state index contributed by atoms with van der Waals surface area (Å²) in [6.07, 6.45) is 6.86. The van der Waals surface area contributed by atoms with Gasteiger partial charge < -0.3 is 5.32 Å². The van der Waals surface area contributed by atoms with Crippen molar-refractivity contribution in [1.82, 2.24) is 5.32 Å². The molecule has 0 aromatic heterocycles. The topological polar surface area (TPSA) is 12.0 Å². The largest absolute Gasteiger partial charge is 0.313 e. The van der Waals surface area contributed by atoms with Gasteiger partial charge in [-0.2, -0.15) is 0 Å². The lowest BCUT2D eigenvalue weighted by atomic mass is 10.1. The highest BCUT2D eigenvalue weighted by molar-refractivity contribution is 8.00. The summed E-state index contributed by atoms with van der Waals surface area (Å²) in [4.78, 5) is 1.50. The molecule has 0 amide bonds. The summed E-state index contributed by atoms with van der Waals surface area (Å²) in [6, 6.07) is 6.92. The van der Waals surface area contributed by atoms with E-state index in [1.807, 2.05) is 0 Å². The number of benzene rings is 1. The predicted octanol–water partition coefficient (Wildman–Crippen LogP) is 4.53. The molecule has 1 aromatic carbocycles. The molecule has 1 aliphatic rings. The molecular formula is C16H25NS. The maximum Gasteiger partial charge on any atom is 0.0216 e. The first kappa shape index (κ1) is 14.0. The molecule has 1 aromatic rings. The van der Waals surface area contributed by atoms with Gasteiger partial charge in [0.25, 0.3) is 0 Å². The van der Waals surface area contributed by atoms with Crippen molar-refractivity contribution in [2.45, 2.75) is 62.6 Å². The van der Waals surface area contributed by atoms with Gasteiger partial charge >= 0.3 is 0 Å². The van der Waals surface area contributed by atoms with Gasteiger partial charge in [0.15, 0.2) is 0 Å². The van der Waals surface area contributed by atoms with Crippen molar-refractivity contribution in [2.75, 3.05) is 6.54 Å². The SMILES string of the molecule is CCCNCc1cc(C)ccc1SC1CCCC1. The van der Waals surface area contributed by atoms with Crippen molar-refractivity contribution in [3.63, 3.8) is 0 Å². The van der Waals surface area contributed by atoms with E-state index in [1.165, 1.54) is 48.1 Å². The van der Waals surface area contributed by atoms with Crippen molar-refractivity contribution in [3.8, 4) is 0 Å². The zero-order valence-corrected chi connectivity index (χ0v) is 12.5. The zero-order chi connectivity index (χ0) is 12.8. The van der Waals surface area contributed by atoms with Crippen LogP contribution in [0.4, 0.5) is 0 Å².